The molecule has 6 heteroatoms. The predicted octanol–water partition coefficient (Wildman–Crippen LogP) is 4.36. The second kappa shape index (κ2) is 7.40. The fourth-order valence-corrected chi connectivity index (χ4v) is 3.96. The molecule has 4 rings (SSSR count). The number of anilines is 1. The number of aromatic nitrogens is 2. The van der Waals surface area contributed by atoms with Crippen molar-refractivity contribution < 1.29 is 4.79 Å². The molecule has 0 unspecified atom stereocenters. The first-order valence-corrected chi connectivity index (χ1v) is 9.91. The minimum absolute atomic E-state index is 0.0139. The molecule has 144 valence electrons. The van der Waals surface area contributed by atoms with E-state index in [2.05, 4.69) is 0 Å². The first-order chi connectivity index (χ1) is 13.5. The molecule has 2 heterocycles. The maximum Gasteiger partial charge on any atom is 0.261 e. The zero-order valence-electron chi connectivity index (χ0n) is 16.0. The molecule has 28 heavy (non-hydrogen) atoms. The number of benzene rings is 2. The van der Waals surface area contributed by atoms with Gasteiger partial charge in [0.2, 0.25) is 0 Å². The molecule has 5 nitrogen and oxygen atoms in total. The Morgan fingerprint density at radius 2 is 1.96 bits per heavy atom. The van der Waals surface area contributed by atoms with Crippen molar-refractivity contribution in [1.82, 2.24) is 9.55 Å². The number of amides is 1. The van der Waals surface area contributed by atoms with Crippen molar-refractivity contribution in [3.05, 3.63) is 68.7 Å². The molecule has 1 aliphatic heterocycles. The van der Waals surface area contributed by atoms with E-state index >= 15 is 0 Å². The maximum absolute atomic E-state index is 13.1. The Morgan fingerprint density at radius 1 is 1.14 bits per heavy atom. The lowest BCUT2D eigenvalue weighted by molar-refractivity contribution is 0.0993. The smallest absolute Gasteiger partial charge is 0.261 e. The summed E-state index contributed by atoms with van der Waals surface area (Å²) in [7, 11) is 1.73. The molecule has 0 bridgehead atoms. The number of halogens is 1. The molecule has 2 aromatic carbocycles. The number of carbonyl (C=O) groups excluding carboxylic acids is 1. The van der Waals surface area contributed by atoms with Crippen LogP contribution >= 0.6 is 11.6 Å². The van der Waals surface area contributed by atoms with Gasteiger partial charge < -0.3 is 4.90 Å². The highest BCUT2D eigenvalue weighted by Gasteiger charge is 2.18. The van der Waals surface area contributed by atoms with E-state index in [-0.39, 0.29) is 11.5 Å². The monoisotopic (exact) mass is 395 g/mol. The second-order valence-corrected chi connectivity index (χ2v) is 7.76. The average Bonchev–Trinajstić information content (AvgIpc) is 2.94. The van der Waals surface area contributed by atoms with E-state index in [0.717, 1.165) is 42.8 Å². The largest absolute Gasteiger partial charge is 0.311 e. The molecule has 3 aromatic rings. The molecule has 0 atom stereocenters. The quantitative estimate of drug-likeness (QED) is 0.647. The van der Waals surface area contributed by atoms with Crippen LogP contribution in [0.1, 0.15) is 41.0 Å². The third kappa shape index (κ3) is 3.31. The Labute approximate surface area is 168 Å². The van der Waals surface area contributed by atoms with Gasteiger partial charge in [0, 0.05) is 36.3 Å². The first kappa shape index (κ1) is 18.7. The topological polar surface area (TPSA) is 55.2 Å². The SMILES string of the molecule is Cc1ccc(Cl)cc1N(C)C(=O)c1ccc2c(=O)n3c(nc2c1)CCCCC3. The van der Waals surface area contributed by atoms with Gasteiger partial charge in [0.15, 0.2) is 0 Å². The molecule has 0 spiro atoms. The van der Waals surface area contributed by atoms with E-state index < -0.39 is 0 Å². The van der Waals surface area contributed by atoms with Crippen LogP contribution in [0.25, 0.3) is 10.9 Å². The van der Waals surface area contributed by atoms with Crippen molar-refractivity contribution in [2.45, 2.75) is 39.2 Å². The summed E-state index contributed by atoms with van der Waals surface area (Å²) in [6.45, 7) is 2.65. The van der Waals surface area contributed by atoms with Crippen LogP contribution in [-0.2, 0) is 13.0 Å². The van der Waals surface area contributed by atoms with Gasteiger partial charge in [-0.1, -0.05) is 24.1 Å². The van der Waals surface area contributed by atoms with Crippen LogP contribution in [0.3, 0.4) is 0 Å². The molecule has 0 fully saturated rings. The summed E-state index contributed by atoms with van der Waals surface area (Å²) < 4.78 is 1.79. The van der Waals surface area contributed by atoms with E-state index in [9.17, 15) is 9.59 Å². The highest BCUT2D eigenvalue weighted by Crippen LogP contribution is 2.25. The van der Waals surface area contributed by atoms with Crippen LogP contribution in [0.5, 0.6) is 0 Å². The lowest BCUT2D eigenvalue weighted by atomic mass is 10.1. The van der Waals surface area contributed by atoms with Gasteiger partial charge in [-0.05, 0) is 55.7 Å². The summed E-state index contributed by atoms with van der Waals surface area (Å²) in [4.78, 5) is 32.2. The van der Waals surface area contributed by atoms with Crippen LogP contribution in [0.4, 0.5) is 5.69 Å². The normalized spacial score (nSPS) is 13.8. The van der Waals surface area contributed by atoms with Crippen molar-refractivity contribution in [1.29, 1.82) is 0 Å². The summed E-state index contributed by atoms with van der Waals surface area (Å²) in [6.07, 6.45) is 3.94. The van der Waals surface area contributed by atoms with Crippen molar-refractivity contribution >= 4 is 34.1 Å². The number of aryl methyl sites for hydroxylation is 2. The molecule has 1 aromatic heterocycles. The van der Waals surface area contributed by atoms with Gasteiger partial charge in [0.25, 0.3) is 11.5 Å². The molecule has 0 N–H and O–H groups in total. The Balaban J connectivity index is 1.76. The van der Waals surface area contributed by atoms with Gasteiger partial charge in [0.1, 0.15) is 5.82 Å². The van der Waals surface area contributed by atoms with Gasteiger partial charge >= 0.3 is 0 Å². The van der Waals surface area contributed by atoms with Gasteiger partial charge in [0.05, 0.1) is 10.9 Å². The molecule has 0 saturated heterocycles. The van der Waals surface area contributed by atoms with Crippen LogP contribution in [-0.4, -0.2) is 22.5 Å². The highest BCUT2D eigenvalue weighted by molar-refractivity contribution is 6.31. The zero-order chi connectivity index (χ0) is 19.8. The predicted molar refractivity (Wildman–Crippen MR) is 112 cm³/mol. The number of hydrogen-bond acceptors (Lipinski definition) is 3. The third-order valence-electron chi connectivity index (χ3n) is 5.40. The summed E-state index contributed by atoms with van der Waals surface area (Å²) in [5, 5.41) is 1.14. The Morgan fingerprint density at radius 3 is 2.79 bits per heavy atom. The second-order valence-electron chi connectivity index (χ2n) is 7.32. The van der Waals surface area contributed by atoms with Crippen LogP contribution in [0.15, 0.2) is 41.2 Å². The summed E-state index contributed by atoms with van der Waals surface area (Å²) in [6, 6.07) is 10.6. The van der Waals surface area contributed by atoms with Crippen molar-refractivity contribution in [2.75, 3.05) is 11.9 Å². The fourth-order valence-electron chi connectivity index (χ4n) is 3.80. The van der Waals surface area contributed by atoms with Gasteiger partial charge in [-0.15, -0.1) is 0 Å². The molecule has 0 saturated carbocycles. The lowest BCUT2D eigenvalue weighted by Crippen LogP contribution is -2.28. The third-order valence-corrected chi connectivity index (χ3v) is 5.64. The van der Waals surface area contributed by atoms with E-state index in [1.807, 2.05) is 13.0 Å². The van der Waals surface area contributed by atoms with E-state index in [4.69, 9.17) is 16.6 Å². The number of nitrogens with zero attached hydrogens (tertiary/aromatic N) is 3. The van der Waals surface area contributed by atoms with Gasteiger partial charge in [-0.25, -0.2) is 4.98 Å². The highest BCUT2D eigenvalue weighted by atomic mass is 35.5. The lowest BCUT2D eigenvalue weighted by Gasteiger charge is -2.20. The standard InChI is InChI=1S/C22H22ClN3O2/c1-14-7-9-16(23)13-19(14)25(2)21(27)15-8-10-17-18(12-15)24-20-6-4-3-5-11-26(20)22(17)28/h7-10,12-13H,3-6,11H2,1-2H3. The molecule has 1 amide bonds. The Kier molecular flexibility index (Phi) is 4.94. The molecule has 0 aliphatic carbocycles. The van der Waals surface area contributed by atoms with Crippen molar-refractivity contribution in [2.24, 2.45) is 0 Å². The first-order valence-electron chi connectivity index (χ1n) is 9.53. The van der Waals surface area contributed by atoms with E-state index in [1.54, 1.807) is 46.8 Å². The summed E-state index contributed by atoms with van der Waals surface area (Å²) in [5.74, 6) is 0.655. The van der Waals surface area contributed by atoms with Gasteiger partial charge in [-0.2, -0.15) is 0 Å². The maximum atomic E-state index is 13.1. The number of carbonyl (C=O) groups is 1. The van der Waals surface area contributed by atoms with Gasteiger partial charge in [-0.3, -0.25) is 14.2 Å². The Hall–Kier alpha value is -2.66. The fraction of sp³-hybridized carbons (Fsp3) is 0.318. The Bertz CT molecular complexity index is 1140. The van der Waals surface area contributed by atoms with E-state index in [1.165, 1.54) is 0 Å². The minimum Gasteiger partial charge on any atom is -0.311 e. The van der Waals surface area contributed by atoms with Crippen molar-refractivity contribution in [3.63, 3.8) is 0 Å². The number of hydrogen-bond donors (Lipinski definition) is 0. The molecular weight excluding hydrogens is 374 g/mol. The number of rotatable bonds is 2. The summed E-state index contributed by atoms with van der Waals surface area (Å²) in [5.41, 5.74) is 2.79. The minimum atomic E-state index is -0.163. The van der Waals surface area contributed by atoms with Crippen molar-refractivity contribution in [3.8, 4) is 0 Å². The van der Waals surface area contributed by atoms with Crippen LogP contribution < -0.4 is 10.5 Å². The molecular formula is C22H22ClN3O2. The van der Waals surface area contributed by atoms with Crippen LogP contribution in [0.2, 0.25) is 5.02 Å². The molecule has 1 aliphatic rings. The van der Waals surface area contributed by atoms with Crippen LogP contribution in [0, 0.1) is 6.92 Å². The average molecular weight is 396 g/mol. The molecule has 0 radical (unpaired) electrons. The number of fused-ring (bicyclic) bond motifs is 2. The zero-order valence-corrected chi connectivity index (χ0v) is 16.8. The summed E-state index contributed by atoms with van der Waals surface area (Å²) >= 11 is 6.10. The van der Waals surface area contributed by atoms with E-state index in [0.29, 0.717) is 28.0 Å².